The Morgan fingerprint density at radius 1 is 1.46 bits per heavy atom. The Kier molecular flexibility index (Phi) is 2.29. The SMILES string of the molecule is NCc1cncc(C#CC2CC2)c1. The minimum absolute atomic E-state index is 0.534. The van der Waals surface area contributed by atoms with Gasteiger partial charge in [0.1, 0.15) is 0 Å². The second kappa shape index (κ2) is 3.59. The van der Waals surface area contributed by atoms with Gasteiger partial charge in [-0.1, -0.05) is 11.8 Å². The molecule has 0 atom stereocenters. The number of pyridine rings is 1. The predicted molar refractivity (Wildman–Crippen MR) is 51.7 cm³/mol. The van der Waals surface area contributed by atoms with Gasteiger partial charge in [-0.05, 0) is 24.5 Å². The number of hydrogen-bond donors (Lipinski definition) is 1. The second-order valence-electron chi connectivity index (χ2n) is 3.33. The molecule has 0 unspecified atom stereocenters. The summed E-state index contributed by atoms with van der Waals surface area (Å²) < 4.78 is 0. The zero-order chi connectivity index (χ0) is 9.10. The summed E-state index contributed by atoms with van der Waals surface area (Å²) in [6.45, 7) is 0.534. The molecule has 0 amide bonds. The highest BCUT2D eigenvalue weighted by molar-refractivity contribution is 5.35. The Labute approximate surface area is 78.2 Å². The van der Waals surface area contributed by atoms with E-state index in [2.05, 4.69) is 16.8 Å². The largest absolute Gasteiger partial charge is 0.326 e. The fourth-order valence-corrected chi connectivity index (χ4v) is 1.08. The summed E-state index contributed by atoms with van der Waals surface area (Å²) >= 11 is 0. The van der Waals surface area contributed by atoms with Gasteiger partial charge in [0.25, 0.3) is 0 Å². The van der Waals surface area contributed by atoms with Crippen LogP contribution < -0.4 is 5.73 Å². The molecular formula is C11H12N2. The minimum Gasteiger partial charge on any atom is -0.326 e. The smallest absolute Gasteiger partial charge is 0.0432 e. The van der Waals surface area contributed by atoms with Crippen LogP contribution in [0.4, 0.5) is 0 Å². The van der Waals surface area contributed by atoms with Crippen LogP contribution in [-0.4, -0.2) is 4.98 Å². The van der Waals surface area contributed by atoms with Gasteiger partial charge in [-0.25, -0.2) is 0 Å². The fraction of sp³-hybridized carbons (Fsp3) is 0.364. The average molecular weight is 172 g/mol. The third-order valence-electron chi connectivity index (χ3n) is 2.03. The Morgan fingerprint density at radius 2 is 2.31 bits per heavy atom. The van der Waals surface area contributed by atoms with Gasteiger partial charge < -0.3 is 5.73 Å². The quantitative estimate of drug-likeness (QED) is 0.648. The molecule has 1 aliphatic rings. The van der Waals surface area contributed by atoms with E-state index in [0.29, 0.717) is 12.5 Å². The molecule has 0 aromatic carbocycles. The van der Waals surface area contributed by atoms with Crippen molar-refractivity contribution >= 4 is 0 Å². The molecular weight excluding hydrogens is 160 g/mol. The van der Waals surface area contributed by atoms with Crippen LogP contribution in [0.1, 0.15) is 24.0 Å². The van der Waals surface area contributed by atoms with Crippen LogP contribution in [0.2, 0.25) is 0 Å². The molecule has 13 heavy (non-hydrogen) atoms. The normalized spacial score (nSPS) is 14.8. The van der Waals surface area contributed by atoms with Crippen LogP contribution in [0.5, 0.6) is 0 Å². The lowest BCUT2D eigenvalue weighted by Gasteiger charge is -1.94. The Morgan fingerprint density at radius 3 is 3.00 bits per heavy atom. The molecule has 1 aliphatic carbocycles. The van der Waals surface area contributed by atoms with Crippen molar-refractivity contribution in [1.29, 1.82) is 0 Å². The first-order valence-electron chi connectivity index (χ1n) is 4.54. The summed E-state index contributed by atoms with van der Waals surface area (Å²) in [6, 6.07) is 2.00. The molecule has 2 rings (SSSR count). The predicted octanol–water partition coefficient (Wildman–Crippen LogP) is 1.30. The van der Waals surface area contributed by atoms with E-state index in [-0.39, 0.29) is 0 Å². The van der Waals surface area contributed by atoms with E-state index in [9.17, 15) is 0 Å². The maximum Gasteiger partial charge on any atom is 0.0432 e. The monoisotopic (exact) mass is 172 g/mol. The van der Waals surface area contributed by atoms with Crippen molar-refractivity contribution in [3.8, 4) is 11.8 Å². The molecule has 0 spiro atoms. The van der Waals surface area contributed by atoms with E-state index in [1.165, 1.54) is 12.8 Å². The maximum atomic E-state index is 5.50. The van der Waals surface area contributed by atoms with Gasteiger partial charge in [0, 0.05) is 30.4 Å². The molecule has 1 aromatic heterocycles. The van der Waals surface area contributed by atoms with Crippen molar-refractivity contribution in [2.45, 2.75) is 19.4 Å². The highest BCUT2D eigenvalue weighted by Crippen LogP contribution is 2.27. The van der Waals surface area contributed by atoms with E-state index in [1.54, 1.807) is 12.4 Å². The zero-order valence-corrected chi connectivity index (χ0v) is 7.46. The summed E-state index contributed by atoms with van der Waals surface area (Å²) in [5.41, 5.74) is 7.52. The van der Waals surface area contributed by atoms with Crippen LogP contribution in [-0.2, 0) is 6.54 Å². The third kappa shape index (κ3) is 2.30. The first-order chi connectivity index (χ1) is 6.38. The molecule has 0 aliphatic heterocycles. The topological polar surface area (TPSA) is 38.9 Å². The van der Waals surface area contributed by atoms with E-state index >= 15 is 0 Å². The number of nitrogens with two attached hydrogens (primary N) is 1. The summed E-state index contributed by atoms with van der Waals surface area (Å²) in [4.78, 5) is 4.07. The number of hydrogen-bond acceptors (Lipinski definition) is 2. The molecule has 2 heteroatoms. The molecule has 0 bridgehead atoms. The molecule has 0 radical (unpaired) electrons. The molecule has 2 N–H and O–H groups in total. The van der Waals surface area contributed by atoms with Gasteiger partial charge in [-0.15, -0.1) is 0 Å². The third-order valence-corrected chi connectivity index (χ3v) is 2.03. The Balaban J connectivity index is 2.15. The highest BCUT2D eigenvalue weighted by atomic mass is 14.6. The van der Waals surface area contributed by atoms with Gasteiger partial charge in [0.2, 0.25) is 0 Å². The van der Waals surface area contributed by atoms with Gasteiger partial charge in [-0.3, -0.25) is 4.98 Å². The minimum atomic E-state index is 0.534. The Bertz CT molecular complexity index is 356. The lowest BCUT2D eigenvalue weighted by atomic mass is 10.2. The van der Waals surface area contributed by atoms with Crippen molar-refractivity contribution in [2.75, 3.05) is 0 Å². The van der Waals surface area contributed by atoms with E-state index in [0.717, 1.165) is 11.1 Å². The summed E-state index contributed by atoms with van der Waals surface area (Å²) in [5, 5.41) is 0. The van der Waals surface area contributed by atoms with E-state index in [1.807, 2.05) is 6.07 Å². The molecule has 1 aromatic rings. The van der Waals surface area contributed by atoms with Gasteiger partial charge in [-0.2, -0.15) is 0 Å². The fourth-order valence-electron chi connectivity index (χ4n) is 1.08. The molecule has 1 fully saturated rings. The molecule has 1 saturated carbocycles. The van der Waals surface area contributed by atoms with Crippen LogP contribution in [0.15, 0.2) is 18.5 Å². The number of aromatic nitrogens is 1. The van der Waals surface area contributed by atoms with Crippen molar-refractivity contribution in [3.63, 3.8) is 0 Å². The zero-order valence-electron chi connectivity index (χ0n) is 7.46. The van der Waals surface area contributed by atoms with Crippen LogP contribution in [0.25, 0.3) is 0 Å². The van der Waals surface area contributed by atoms with E-state index in [4.69, 9.17) is 5.73 Å². The summed E-state index contributed by atoms with van der Waals surface area (Å²) in [5.74, 6) is 6.95. The Hall–Kier alpha value is -1.33. The van der Waals surface area contributed by atoms with Crippen molar-refractivity contribution < 1.29 is 0 Å². The standard InChI is InChI=1S/C11H12N2/c12-6-11-5-10(7-13-8-11)4-3-9-1-2-9/h5,7-9H,1-2,6,12H2. The maximum absolute atomic E-state index is 5.50. The summed E-state index contributed by atoms with van der Waals surface area (Å²) in [7, 11) is 0. The number of nitrogens with zero attached hydrogens (tertiary/aromatic N) is 1. The lowest BCUT2D eigenvalue weighted by molar-refractivity contribution is 1.04. The lowest BCUT2D eigenvalue weighted by Crippen LogP contribution is -1.97. The van der Waals surface area contributed by atoms with Crippen LogP contribution >= 0.6 is 0 Å². The second-order valence-corrected chi connectivity index (χ2v) is 3.33. The highest BCUT2D eigenvalue weighted by Gasteiger charge is 2.17. The van der Waals surface area contributed by atoms with Crippen LogP contribution in [0, 0.1) is 17.8 Å². The first-order valence-corrected chi connectivity index (χ1v) is 4.54. The first kappa shape index (κ1) is 8.28. The van der Waals surface area contributed by atoms with Crippen molar-refractivity contribution in [3.05, 3.63) is 29.6 Å². The number of rotatable bonds is 1. The van der Waals surface area contributed by atoms with Gasteiger partial charge >= 0.3 is 0 Å². The van der Waals surface area contributed by atoms with Crippen molar-refractivity contribution in [2.24, 2.45) is 11.7 Å². The molecule has 66 valence electrons. The molecule has 0 saturated heterocycles. The van der Waals surface area contributed by atoms with Gasteiger partial charge in [0.05, 0.1) is 0 Å². The van der Waals surface area contributed by atoms with Crippen LogP contribution in [0.3, 0.4) is 0 Å². The molecule has 1 heterocycles. The van der Waals surface area contributed by atoms with Crippen molar-refractivity contribution in [1.82, 2.24) is 4.98 Å². The molecule has 2 nitrogen and oxygen atoms in total. The average Bonchev–Trinajstić information content (AvgIpc) is 2.99. The van der Waals surface area contributed by atoms with E-state index < -0.39 is 0 Å². The van der Waals surface area contributed by atoms with Gasteiger partial charge in [0.15, 0.2) is 0 Å². The summed E-state index contributed by atoms with van der Waals surface area (Å²) in [6.07, 6.45) is 6.09.